The van der Waals surface area contributed by atoms with Gasteiger partial charge in [0.2, 0.25) is 0 Å². The molecular formula is C14H21FN2. The van der Waals surface area contributed by atoms with Gasteiger partial charge in [0.15, 0.2) is 0 Å². The zero-order valence-corrected chi connectivity index (χ0v) is 10.4. The van der Waals surface area contributed by atoms with Gasteiger partial charge in [-0.2, -0.15) is 0 Å². The van der Waals surface area contributed by atoms with E-state index in [4.69, 9.17) is 5.73 Å². The molecule has 0 unspecified atom stereocenters. The normalized spacial score (nSPS) is 25.2. The van der Waals surface area contributed by atoms with Crippen molar-refractivity contribution < 1.29 is 4.39 Å². The Labute approximate surface area is 103 Å². The van der Waals surface area contributed by atoms with Gasteiger partial charge >= 0.3 is 0 Å². The van der Waals surface area contributed by atoms with E-state index in [9.17, 15) is 4.39 Å². The average Bonchev–Trinajstić information content (AvgIpc) is 2.29. The molecular weight excluding hydrogens is 215 g/mol. The molecule has 0 heterocycles. The predicted octanol–water partition coefficient (Wildman–Crippen LogP) is 2.53. The third kappa shape index (κ3) is 3.51. The molecule has 0 radical (unpaired) electrons. The molecule has 1 aliphatic carbocycles. The summed E-state index contributed by atoms with van der Waals surface area (Å²) < 4.78 is 13.1. The van der Waals surface area contributed by atoms with Crippen LogP contribution in [0.5, 0.6) is 0 Å². The monoisotopic (exact) mass is 236 g/mol. The lowest BCUT2D eigenvalue weighted by molar-refractivity contribution is 0.176. The Kier molecular flexibility index (Phi) is 4.13. The number of nitrogens with two attached hydrogens (primary N) is 1. The van der Waals surface area contributed by atoms with Crippen molar-refractivity contribution in [1.29, 1.82) is 0 Å². The minimum Gasteiger partial charge on any atom is -0.328 e. The molecule has 1 aromatic carbocycles. The maximum atomic E-state index is 13.1. The van der Waals surface area contributed by atoms with Crippen LogP contribution >= 0.6 is 0 Å². The third-order valence-electron chi connectivity index (χ3n) is 3.69. The van der Waals surface area contributed by atoms with Gasteiger partial charge in [0.1, 0.15) is 5.82 Å². The Bertz CT molecular complexity index is 359. The van der Waals surface area contributed by atoms with Crippen molar-refractivity contribution in [3.05, 3.63) is 35.6 Å². The third-order valence-corrected chi connectivity index (χ3v) is 3.69. The van der Waals surface area contributed by atoms with Crippen molar-refractivity contribution in [2.24, 2.45) is 5.73 Å². The smallest absolute Gasteiger partial charge is 0.123 e. The molecule has 17 heavy (non-hydrogen) atoms. The largest absolute Gasteiger partial charge is 0.328 e. The van der Waals surface area contributed by atoms with Gasteiger partial charge in [-0.1, -0.05) is 12.1 Å². The summed E-state index contributed by atoms with van der Waals surface area (Å²) in [6.07, 6.45) is 4.54. The first-order valence-electron chi connectivity index (χ1n) is 6.35. The molecule has 2 rings (SSSR count). The van der Waals surface area contributed by atoms with Crippen molar-refractivity contribution in [3.8, 4) is 0 Å². The van der Waals surface area contributed by atoms with Gasteiger partial charge in [0, 0.05) is 18.6 Å². The maximum absolute atomic E-state index is 13.1. The predicted molar refractivity (Wildman–Crippen MR) is 68.1 cm³/mol. The summed E-state index contributed by atoms with van der Waals surface area (Å²) in [6, 6.07) is 7.84. The summed E-state index contributed by atoms with van der Waals surface area (Å²) in [5, 5.41) is 0. The molecule has 3 heteroatoms. The van der Waals surface area contributed by atoms with Crippen LogP contribution in [-0.4, -0.2) is 24.0 Å². The van der Waals surface area contributed by atoms with Crippen molar-refractivity contribution in [1.82, 2.24) is 4.90 Å². The summed E-state index contributed by atoms with van der Waals surface area (Å²) in [5.74, 6) is -0.151. The van der Waals surface area contributed by atoms with Crippen LogP contribution in [0, 0.1) is 5.82 Å². The Morgan fingerprint density at radius 2 is 2.00 bits per heavy atom. The fourth-order valence-corrected chi connectivity index (χ4v) is 2.59. The molecule has 0 amide bonds. The topological polar surface area (TPSA) is 29.3 Å². The highest BCUT2D eigenvalue weighted by molar-refractivity contribution is 5.16. The molecule has 0 atom stereocenters. The van der Waals surface area contributed by atoms with Crippen LogP contribution in [0.4, 0.5) is 4.39 Å². The SMILES string of the molecule is CN(Cc1cccc(F)c1)C1CCC(N)CC1. The van der Waals surface area contributed by atoms with E-state index in [0.29, 0.717) is 12.1 Å². The van der Waals surface area contributed by atoms with Crippen molar-refractivity contribution >= 4 is 0 Å². The van der Waals surface area contributed by atoms with Crippen molar-refractivity contribution in [2.45, 2.75) is 44.3 Å². The number of rotatable bonds is 3. The van der Waals surface area contributed by atoms with Gasteiger partial charge < -0.3 is 5.73 Å². The Morgan fingerprint density at radius 3 is 2.65 bits per heavy atom. The highest BCUT2D eigenvalue weighted by atomic mass is 19.1. The lowest BCUT2D eigenvalue weighted by Gasteiger charge is -2.33. The molecule has 0 aromatic heterocycles. The van der Waals surface area contributed by atoms with Crippen molar-refractivity contribution in [2.75, 3.05) is 7.05 Å². The van der Waals surface area contributed by atoms with E-state index in [1.54, 1.807) is 12.1 Å². The highest BCUT2D eigenvalue weighted by Gasteiger charge is 2.21. The second-order valence-electron chi connectivity index (χ2n) is 5.11. The van der Waals surface area contributed by atoms with Crippen LogP contribution in [0.3, 0.4) is 0 Å². The van der Waals surface area contributed by atoms with Gasteiger partial charge in [0.05, 0.1) is 0 Å². The molecule has 0 spiro atoms. The van der Waals surface area contributed by atoms with Crippen molar-refractivity contribution in [3.63, 3.8) is 0 Å². The van der Waals surface area contributed by atoms with E-state index in [1.807, 2.05) is 6.07 Å². The highest BCUT2D eigenvalue weighted by Crippen LogP contribution is 2.22. The summed E-state index contributed by atoms with van der Waals surface area (Å²) in [6.45, 7) is 0.817. The molecule has 94 valence electrons. The molecule has 1 aliphatic rings. The number of benzene rings is 1. The number of hydrogen-bond acceptors (Lipinski definition) is 2. The first-order chi connectivity index (χ1) is 8.15. The van der Waals surface area contributed by atoms with Crippen LogP contribution in [0.15, 0.2) is 24.3 Å². The Morgan fingerprint density at radius 1 is 1.29 bits per heavy atom. The van der Waals surface area contributed by atoms with E-state index < -0.39 is 0 Å². The Balaban J connectivity index is 1.90. The summed E-state index contributed by atoms with van der Waals surface area (Å²) >= 11 is 0. The molecule has 0 aliphatic heterocycles. The van der Waals surface area contributed by atoms with E-state index in [-0.39, 0.29) is 5.82 Å². The van der Waals surface area contributed by atoms with Crippen LogP contribution in [0.2, 0.25) is 0 Å². The van der Waals surface area contributed by atoms with Crippen LogP contribution < -0.4 is 5.73 Å². The Hall–Kier alpha value is -0.930. The average molecular weight is 236 g/mol. The van der Waals surface area contributed by atoms with Gasteiger partial charge in [-0.3, -0.25) is 4.90 Å². The second-order valence-corrected chi connectivity index (χ2v) is 5.11. The van der Waals surface area contributed by atoms with Crippen LogP contribution in [0.25, 0.3) is 0 Å². The standard InChI is InChI=1S/C14H21FN2/c1-17(14-7-5-13(16)6-8-14)10-11-3-2-4-12(15)9-11/h2-4,9,13-14H,5-8,10,16H2,1H3. The van der Waals surface area contributed by atoms with E-state index >= 15 is 0 Å². The fraction of sp³-hybridized carbons (Fsp3) is 0.571. The van der Waals surface area contributed by atoms with Gasteiger partial charge in [0.25, 0.3) is 0 Å². The molecule has 0 bridgehead atoms. The van der Waals surface area contributed by atoms with E-state index in [2.05, 4.69) is 11.9 Å². The zero-order chi connectivity index (χ0) is 12.3. The number of halogens is 1. The first kappa shape index (κ1) is 12.5. The lowest BCUT2D eigenvalue weighted by Crippen LogP contribution is -2.38. The quantitative estimate of drug-likeness (QED) is 0.873. The summed E-state index contributed by atoms with van der Waals surface area (Å²) in [5.41, 5.74) is 6.95. The van der Waals surface area contributed by atoms with Gasteiger partial charge in [-0.25, -0.2) is 4.39 Å². The van der Waals surface area contributed by atoms with Gasteiger partial charge in [-0.05, 0) is 50.4 Å². The molecule has 0 saturated heterocycles. The van der Waals surface area contributed by atoms with E-state index in [0.717, 1.165) is 37.8 Å². The van der Waals surface area contributed by atoms with Gasteiger partial charge in [-0.15, -0.1) is 0 Å². The molecule has 1 saturated carbocycles. The first-order valence-corrected chi connectivity index (χ1v) is 6.35. The van der Waals surface area contributed by atoms with Crippen LogP contribution in [0.1, 0.15) is 31.2 Å². The van der Waals surface area contributed by atoms with E-state index in [1.165, 1.54) is 6.07 Å². The summed E-state index contributed by atoms with van der Waals surface area (Å²) in [7, 11) is 2.12. The lowest BCUT2D eigenvalue weighted by atomic mass is 9.91. The molecule has 1 fully saturated rings. The minimum atomic E-state index is -0.151. The number of hydrogen-bond donors (Lipinski definition) is 1. The second kappa shape index (κ2) is 5.61. The van der Waals surface area contributed by atoms with Crippen LogP contribution in [-0.2, 0) is 6.54 Å². The molecule has 2 N–H and O–H groups in total. The molecule has 1 aromatic rings. The fourth-order valence-electron chi connectivity index (χ4n) is 2.59. The minimum absolute atomic E-state index is 0.151. The number of nitrogens with zero attached hydrogens (tertiary/aromatic N) is 1. The maximum Gasteiger partial charge on any atom is 0.123 e. The molecule has 2 nitrogen and oxygen atoms in total. The zero-order valence-electron chi connectivity index (χ0n) is 10.4. The summed E-state index contributed by atoms with van der Waals surface area (Å²) in [4.78, 5) is 2.32.